The molecule has 0 spiro atoms. The Kier molecular flexibility index (Phi) is 2.70. The lowest BCUT2D eigenvalue weighted by atomic mass is 9.90. The van der Waals surface area contributed by atoms with E-state index in [2.05, 4.69) is 21.2 Å². The second kappa shape index (κ2) is 4.29. The van der Waals surface area contributed by atoms with Gasteiger partial charge in [0, 0.05) is 22.5 Å². The van der Waals surface area contributed by atoms with Gasteiger partial charge in [-0.1, -0.05) is 15.9 Å². The van der Waals surface area contributed by atoms with Crippen LogP contribution in [-0.2, 0) is 0 Å². The van der Waals surface area contributed by atoms with Crippen molar-refractivity contribution in [3.63, 3.8) is 0 Å². The predicted molar refractivity (Wildman–Crippen MR) is 80.5 cm³/mol. The minimum Gasteiger partial charge on any atom is -0.493 e. The summed E-state index contributed by atoms with van der Waals surface area (Å²) in [6.45, 7) is 2.00. The number of nitrogens with one attached hydrogen (secondary N) is 1. The van der Waals surface area contributed by atoms with Crippen LogP contribution in [0.1, 0.15) is 37.8 Å². The van der Waals surface area contributed by atoms with E-state index in [4.69, 9.17) is 9.47 Å². The number of nitrogens with zero attached hydrogens (tertiary/aromatic N) is 1. The van der Waals surface area contributed by atoms with E-state index in [1.165, 1.54) is 0 Å². The normalized spacial score (nSPS) is 30.3. The van der Waals surface area contributed by atoms with Crippen LogP contribution in [0.3, 0.4) is 0 Å². The summed E-state index contributed by atoms with van der Waals surface area (Å²) in [5, 5.41) is 3.11. The van der Waals surface area contributed by atoms with E-state index in [0.29, 0.717) is 11.8 Å². The molecule has 5 nitrogen and oxygen atoms in total. The van der Waals surface area contributed by atoms with Gasteiger partial charge in [0.05, 0.1) is 13.2 Å². The van der Waals surface area contributed by atoms with Crippen LogP contribution in [0, 0.1) is 0 Å². The molecule has 1 N–H and O–H groups in total. The van der Waals surface area contributed by atoms with Crippen molar-refractivity contribution in [3.8, 4) is 11.5 Å². The Bertz CT molecular complexity index is 632. The molecule has 1 saturated carbocycles. The first-order chi connectivity index (χ1) is 10.0. The third-order valence-electron chi connectivity index (χ3n) is 4.49. The number of urea groups is 1. The molecule has 0 radical (unpaired) electrons. The molecule has 2 fully saturated rings. The standard InChI is InChI=1S/C15H17BrN2O3/c1-15-7-11(17-14(19)18(15)9-3-4-9)10-5-8(16)6-12(20-2)13(10)21-15/h5-6,9,11H,3-4,7H2,1-2H3,(H,17,19). The molecule has 2 aliphatic heterocycles. The van der Waals surface area contributed by atoms with E-state index >= 15 is 0 Å². The molecule has 1 aliphatic carbocycles. The molecule has 1 aromatic rings. The Labute approximate surface area is 131 Å². The molecular weight excluding hydrogens is 336 g/mol. The van der Waals surface area contributed by atoms with E-state index in [9.17, 15) is 4.79 Å². The smallest absolute Gasteiger partial charge is 0.321 e. The van der Waals surface area contributed by atoms with Crippen molar-refractivity contribution in [3.05, 3.63) is 22.2 Å². The predicted octanol–water partition coefficient (Wildman–Crippen LogP) is 3.19. The van der Waals surface area contributed by atoms with E-state index in [-0.39, 0.29) is 12.1 Å². The number of amides is 2. The van der Waals surface area contributed by atoms with Crippen LogP contribution >= 0.6 is 15.9 Å². The first-order valence-corrected chi connectivity index (χ1v) is 7.97. The van der Waals surface area contributed by atoms with Crippen LogP contribution in [0.25, 0.3) is 0 Å². The number of fused-ring (bicyclic) bond motifs is 4. The summed E-state index contributed by atoms with van der Waals surface area (Å²) in [4.78, 5) is 14.3. The van der Waals surface area contributed by atoms with Crippen molar-refractivity contribution in [2.75, 3.05) is 7.11 Å². The topological polar surface area (TPSA) is 50.8 Å². The fourth-order valence-corrected chi connectivity index (χ4v) is 3.91. The Hall–Kier alpha value is -1.43. The largest absolute Gasteiger partial charge is 0.493 e. The zero-order valence-corrected chi connectivity index (χ0v) is 13.6. The highest BCUT2D eigenvalue weighted by Crippen LogP contribution is 2.51. The minimum absolute atomic E-state index is 0.0270. The summed E-state index contributed by atoms with van der Waals surface area (Å²) in [5.74, 6) is 1.44. The van der Waals surface area contributed by atoms with Crippen LogP contribution in [0.5, 0.6) is 11.5 Å². The first-order valence-electron chi connectivity index (χ1n) is 7.18. The maximum atomic E-state index is 12.4. The molecule has 4 rings (SSSR count). The van der Waals surface area contributed by atoms with Crippen LogP contribution in [0.15, 0.2) is 16.6 Å². The van der Waals surface area contributed by atoms with E-state index in [1.807, 2.05) is 24.0 Å². The fourth-order valence-electron chi connectivity index (χ4n) is 3.45. The lowest BCUT2D eigenvalue weighted by molar-refractivity contribution is -0.0890. The Morgan fingerprint density at radius 3 is 2.90 bits per heavy atom. The highest BCUT2D eigenvalue weighted by atomic mass is 79.9. The van der Waals surface area contributed by atoms with Gasteiger partial charge in [0.15, 0.2) is 17.2 Å². The number of halogens is 1. The molecule has 2 heterocycles. The van der Waals surface area contributed by atoms with Crippen LogP contribution in [-0.4, -0.2) is 29.8 Å². The molecule has 0 aromatic heterocycles. The van der Waals surface area contributed by atoms with E-state index in [1.54, 1.807) is 7.11 Å². The van der Waals surface area contributed by atoms with Crippen LogP contribution < -0.4 is 14.8 Å². The molecular formula is C15H17BrN2O3. The molecule has 1 saturated heterocycles. The average Bonchev–Trinajstić information content (AvgIpc) is 3.22. The molecule has 6 heteroatoms. The summed E-state index contributed by atoms with van der Waals surface area (Å²) < 4.78 is 12.6. The van der Waals surface area contributed by atoms with Crippen molar-refractivity contribution in [1.29, 1.82) is 0 Å². The molecule has 2 amide bonds. The van der Waals surface area contributed by atoms with Crippen LogP contribution in [0.2, 0.25) is 0 Å². The van der Waals surface area contributed by atoms with Crippen molar-refractivity contribution in [2.24, 2.45) is 0 Å². The molecule has 3 aliphatic rings. The highest BCUT2D eigenvalue weighted by Gasteiger charge is 2.54. The molecule has 2 atom stereocenters. The highest BCUT2D eigenvalue weighted by molar-refractivity contribution is 9.10. The Balaban J connectivity index is 1.83. The summed E-state index contributed by atoms with van der Waals surface area (Å²) in [6, 6.07) is 4.13. The van der Waals surface area contributed by atoms with Gasteiger partial charge in [-0.2, -0.15) is 0 Å². The summed E-state index contributed by atoms with van der Waals surface area (Å²) in [5.41, 5.74) is 0.380. The first kappa shape index (κ1) is 13.2. The van der Waals surface area contributed by atoms with Gasteiger partial charge in [-0.15, -0.1) is 0 Å². The van der Waals surface area contributed by atoms with Crippen molar-refractivity contribution >= 4 is 22.0 Å². The third-order valence-corrected chi connectivity index (χ3v) is 4.94. The monoisotopic (exact) mass is 352 g/mol. The van der Waals surface area contributed by atoms with Gasteiger partial charge < -0.3 is 14.8 Å². The molecule has 21 heavy (non-hydrogen) atoms. The van der Waals surface area contributed by atoms with Crippen molar-refractivity contribution < 1.29 is 14.3 Å². The number of benzene rings is 1. The van der Waals surface area contributed by atoms with Crippen molar-refractivity contribution in [1.82, 2.24) is 10.2 Å². The molecule has 2 unspecified atom stereocenters. The minimum atomic E-state index is -0.595. The molecule has 1 aromatic carbocycles. The zero-order valence-electron chi connectivity index (χ0n) is 12.0. The fraction of sp³-hybridized carbons (Fsp3) is 0.533. The van der Waals surface area contributed by atoms with Gasteiger partial charge in [-0.25, -0.2) is 4.79 Å². The lowest BCUT2D eigenvalue weighted by Crippen LogP contribution is -2.65. The van der Waals surface area contributed by atoms with E-state index in [0.717, 1.165) is 35.0 Å². The third kappa shape index (κ3) is 1.92. The number of methoxy groups -OCH3 is 1. The van der Waals surface area contributed by atoms with Gasteiger partial charge in [-0.05, 0) is 31.9 Å². The van der Waals surface area contributed by atoms with Crippen molar-refractivity contribution in [2.45, 2.75) is 44.0 Å². The Morgan fingerprint density at radius 1 is 1.48 bits per heavy atom. The van der Waals surface area contributed by atoms with E-state index < -0.39 is 5.72 Å². The number of rotatable bonds is 2. The second-order valence-electron chi connectivity index (χ2n) is 6.11. The molecule has 2 bridgehead atoms. The number of hydrogen-bond acceptors (Lipinski definition) is 3. The number of carbonyl (C=O) groups excluding carboxylic acids is 1. The summed E-state index contributed by atoms with van der Waals surface area (Å²) >= 11 is 3.49. The lowest BCUT2D eigenvalue weighted by Gasteiger charge is -2.51. The maximum Gasteiger partial charge on any atom is 0.321 e. The average molecular weight is 353 g/mol. The van der Waals surface area contributed by atoms with Gasteiger partial charge in [0.1, 0.15) is 0 Å². The summed E-state index contributed by atoms with van der Waals surface area (Å²) in [6.07, 6.45) is 2.87. The van der Waals surface area contributed by atoms with Gasteiger partial charge in [0.2, 0.25) is 0 Å². The van der Waals surface area contributed by atoms with Gasteiger partial charge in [-0.3, -0.25) is 4.90 Å². The van der Waals surface area contributed by atoms with Gasteiger partial charge >= 0.3 is 6.03 Å². The number of carbonyl (C=O) groups is 1. The second-order valence-corrected chi connectivity index (χ2v) is 7.03. The number of hydrogen-bond donors (Lipinski definition) is 1. The zero-order chi connectivity index (χ0) is 14.8. The van der Waals surface area contributed by atoms with Gasteiger partial charge in [0.25, 0.3) is 0 Å². The SMILES string of the molecule is COc1cc(Br)cc2c1OC1(C)CC2NC(=O)N1C1CC1. The maximum absolute atomic E-state index is 12.4. The Morgan fingerprint density at radius 2 is 2.24 bits per heavy atom. The molecule has 112 valence electrons. The quantitative estimate of drug-likeness (QED) is 0.889. The summed E-state index contributed by atoms with van der Waals surface area (Å²) in [7, 11) is 1.63. The van der Waals surface area contributed by atoms with Crippen LogP contribution in [0.4, 0.5) is 4.79 Å². The number of ether oxygens (including phenoxy) is 2.